The highest BCUT2D eigenvalue weighted by atomic mass is 32.2. The molecule has 6 nitrogen and oxygen atoms in total. The molecule has 0 unspecified atom stereocenters. The minimum Gasteiger partial charge on any atom is -0.379 e. The van der Waals surface area contributed by atoms with Crippen molar-refractivity contribution in [2.24, 2.45) is 0 Å². The molecule has 0 aromatic carbocycles. The number of thiophene rings is 1. The van der Waals surface area contributed by atoms with Gasteiger partial charge in [-0.1, -0.05) is 6.07 Å². The number of ether oxygens (including phenoxy) is 1. The molecule has 3 heterocycles. The summed E-state index contributed by atoms with van der Waals surface area (Å²) in [6.07, 6.45) is 3.83. The lowest BCUT2D eigenvalue weighted by Gasteiger charge is -2.26. The number of sulfonamides is 1. The van der Waals surface area contributed by atoms with Crippen molar-refractivity contribution in [3.63, 3.8) is 0 Å². The van der Waals surface area contributed by atoms with E-state index in [-0.39, 0.29) is 4.90 Å². The van der Waals surface area contributed by atoms with Gasteiger partial charge in [-0.15, -0.1) is 11.3 Å². The van der Waals surface area contributed by atoms with Gasteiger partial charge in [0.15, 0.2) is 0 Å². The van der Waals surface area contributed by atoms with Gasteiger partial charge in [-0.3, -0.25) is 0 Å². The van der Waals surface area contributed by atoms with Crippen molar-refractivity contribution >= 4 is 27.2 Å². The van der Waals surface area contributed by atoms with Gasteiger partial charge in [-0.05, 0) is 36.4 Å². The smallest absolute Gasteiger partial charge is 0.244 e. The molecule has 2 aliphatic rings. The molecule has 1 aliphatic carbocycles. The van der Waals surface area contributed by atoms with Crippen molar-refractivity contribution in [1.29, 1.82) is 0 Å². The van der Waals surface area contributed by atoms with Crippen LogP contribution in [0.1, 0.15) is 17.7 Å². The number of rotatable bonds is 6. The molecular weight excluding hydrogens is 358 g/mol. The molecule has 0 spiro atoms. The first kappa shape index (κ1) is 17.0. The highest BCUT2D eigenvalue weighted by molar-refractivity contribution is 7.89. The van der Waals surface area contributed by atoms with Crippen LogP contribution in [0.3, 0.4) is 0 Å². The average Bonchev–Trinajstić information content (AvgIpc) is 3.36. The molecule has 2 aromatic heterocycles. The molecule has 0 bridgehead atoms. The van der Waals surface area contributed by atoms with Gasteiger partial charge in [0, 0.05) is 30.2 Å². The van der Waals surface area contributed by atoms with E-state index < -0.39 is 10.0 Å². The van der Waals surface area contributed by atoms with E-state index >= 15 is 0 Å². The van der Waals surface area contributed by atoms with Crippen LogP contribution in [0, 0.1) is 0 Å². The topological polar surface area (TPSA) is 62.7 Å². The van der Waals surface area contributed by atoms with E-state index in [0.29, 0.717) is 32.3 Å². The summed E-state index contributed by atoms with van der Waals surface area (Å²) in [6.45, 7) is 2.51. The molecule has 0 radical (unpaired) electrons. The molecule has 25 heavy (non-hydrogen) atoms. The molecule has 2 fully saturated rings. The number of anilines is 1. The molecule has 0 atom stereocenters. The van der Waals surface area contributed by atoms with E-state index in [1.807, 2.05) is 6.07 Å². The standard InChI is InChI=1S/C17H21N3O3S2/c21-25(22,19-7-9-23-10-8-19)16-5-6-17(18-12-16)20(14-3-4-14)13-15-2-1-11-24-15/h1-2,5-6,11-12,14H,3-4,7-10,13H2. The van der Waals surface area contributed by atoms with Gasteiger partial charge in [0.25, 0.3) is 0 Å². The Morgan fingerprint density at radius 3 is 2.64 bits per heavy atom. The monoisotopic (exact) mass is 379 g/mol. The first-order valence-electron chi connectivity index (χ1n) is 8.47. The Morgan fingerprint density at radius 1 is 1.24 bits per heavy atom. The van der Waals surface area contributed by atoms with Crippen LogP contribution < -0.4 is 4.90 Å². The minimum absolute atomic E-state index is 0.255. The molecule has 2 aromatic rings. The van der Waals surface area contributed by atoms with Gasteiger partial charge in [-0.2, -0.15) is 4.31 Å². The van der Waals surface area contributed by atoms with Crippen molar-refractivity contribution in [2.45, 2.75) is 30.3 Å². The normalized spacial score (nSPS) is 19.0. The van der Waals surface area contributed by atoms with Crippen molar-refractivity contribution in [3.8, 4) is 0 Å². The number of hydrogen-bond acceptors (Lipinski definition) is 6. The molecule has 8 heteroatoms. The number of nitrogens with zero attached hydrogens (tertiary/aromatic N) is 3. The zero-order valence-corrected chi connectivity index (χ0v) is 15.5. The third-order valence-corrected chi connectivity index (χ3v) is 7.26. The maximum Gasteiger partial charge on any atom is 0.244 e. The molecule has 0 amide bonds. The zero-order valence-electron chi connectivity index (χ0n) is 13.9. The summed E-state index contributed by atoms with van der Waals surface area (Å²) in [6, 6.07) is 8.19. The number of aromatic nitrogens is 1. The Morgan fingerprint density at radius 2 is 2.04 bits per heavy atom. The van der Waals surface area contributed by atoms with Gasteiger partial charge in [0.2, 0.25) is 10.0 Å². The van der Waals surface area contributed by atoms with E-state index in [9.17, 15) is 8.42 Å². The van der Waals surface area contributed by atoms with E-state index in [4.69, 9.17) is 4.74 Å². The Bertz CT molecular complexity index is 796. The van der Waals surface area contributed by atoms with Crippen LogP contribution in [0.5, 0.6) is 0 Å². The molecule has 1 aliphatic heterocycles. The Hall–Kier alpha value is -1.48. The number of pyridine rings is 1. The third-order valence-electron chi connectivity index (χ3n) is 4.52. The summed E-state index contributed by atoms with van der Waals surface area (Å²) in [5, 5.41) is 2.08. The van der Waals surface area contributed by atoms with E-state index in [1.54, 1.807) is 17.4 Å². The maximum absolute atomic E-state index is 12.7. The van der Waals surface area contributed by atoms with Gasteiger partial charge < -0.3 is 9.64 Å². The molecule has 1 saturated carbocycles. The highest BCUT2D eigenvalue weighted by Crippen LogP contribution is 2.33. The van der Waals surface area contributed by atoms with Crippen molar-refractivity contribution in [3.05, 3.63) is 40.7 Å². The number of morpholine rings is 1. The molecule has 1 saturated heterocycles. The zero-order chi connectivity index (χ0) is 17.3. The SMILES string of the molecule is O=S(=O)(c1ccc(N(Cc2cccs2)C2CC2)nc1)N1CCOCC1. The lowest BCUT2D eigenvalue weighted by Crippen LogP contribution is -2.40. The summed E-state index contributed by atoms with van der Waals surface area (Å²) >= 11 is 1.73. The van der Waals surface area contributed by atoms with Crippen LogP contribution in [0.15, 0.2) is 40.7 Å². The second-order valence-corrected chi connectivity index (χ2v) is 9.28. The van der Waals surface area contributed by atoms with Crippen LogP contribution in [-0.4, -0.2) is 50.1 Å². The van der Waals surface area contributed by atoms with Crippen LogP contribution in [0.25, 0.3) is 0 Å². The van der Waals surface area contributed by atoms with E-state index in [0.717, 1.165) is 12.4 Å². The predicted molar refractivity (Wildman–Crippen MR) is 97.3 cm³/mol. The fourth-order valence-corrected chi connectivity index (χ4v) is 5.04. The molecular formula is C17H21N3O3S2. The second-order valence-electron chi connectivity index (χ2n) is 6.31. The molecule has 0 N–H and O–H groups in total. The predicted octanol–water partition coefficient (Wildman–Crippen LogP) is 2.33. The Labute approximate surface area is 152 Å². The lowest BCUT2D eigenvalue weighted by atomic mass is 10.3. The maximum atomic E-state index is 12.7. The molecule has 4 rings (SSSR count). The van der Waals surface area contributed by atoms with Gasteiger partial charge in [-0.25, -0.2) is 13.4 Å². The first-order valence-corrected chi connectivity index (χ1v) is 10.8. The van der Waals surface area contributed by atoms with Crippen LogP contribution in [-0.2, 0) is 21.3 Å². The highest BCUT2D eigenvalue weighted by Gasteiger charge is 2.31. The summed E-state index contributed by atoms with van der Waals surface area (Å²) < 4.78 is 32.1. The van der Waals surface area contributed by atoms with Gasteiger partial charge >= 0.3 is 0 Å². The fraction of sp³-hybridized carbons (Fsp3) is 0.471. The summed E-state index contributed by atoms with van der Waals surface area (Å²) in [7, 11) is -3.48. The van der Waals surface area contributed by atoms with Crippen molar-refractivity contribution < 1.29 is 13.2 Å². The Kier molecular flexibility index (Phi) is 4.77. The summed E-state index contributed by atoms with van der Waals surface area (Å²) in [5.74, 6) is 0.844. The first-order chi connectivity index (χ1) is 12.1. The third kappa shape index (κ3) is 3.72. The van der Waals surface area contributed by atoms with Gasteiger partial charge in [0.1, 0.15) is 10.7 Å². The van der Waals surface area contributed by atoms with Crippen LogP contribution in [0.4, 0.5) is 5.82 Å². The Balaban J connectivity index is 1.54. The van der Waals surface area contributed by atoms with Crippen molar-refractivity contribution in [1.82, 2.24) is 9.29 Å². The fourth-order valence-electron chi connectivity index (χ4n) is 2.98. The quantitative estimate of drug-likeness (QED) is 0.771. The van der Waals surface area contributed by atoms with E-state index in [2.05, 4.69) is 27.4 Å². The largest absolute Gasteiger partial charge is 0.379 e. The number of hydrogen-bond donors (Lipinski definition) is 0. The minimum atomic E-state index is -3.48. The summed E-state index contributed by atoms with van der Waals surface area (Å²) in [4.78, 5) is 8.30. The summed E-state index contributed by atoms with van der Waals surface area (Å²) in [5.41, 5.74) is 0. The van der Waals surface area contributed by atoms with Crippen LogP contribution in [0.2, 0.25) is 0 Å². The van der Waals surface area contributed by atoms with Crippen molar-refractivity contribution in [2.75, 3.05) is 31.2 Å². The van der Waals surface area contributed by atoms with Crippen LogP contribution >= 0.6 is 11.3 Å². The lowest BCUT2D eigenvalue weighted by molar-refractivity contribution is 0.0730. The average molecular weight is 380 g/mol. The van der Waals surface area contributed by atoms with Gasteiger partial charge in [0.05, 0.1) is 19.8 Å². The molecule has 134 valence electrons. The second kappa shape index (κ2) is 7.03. The van der Waals surface area contributed by atoms with E-state index in [1.165, 1.54) is 28.2 Å².